The molecule has 0 saturated heterocycles. The van der Waals surface area contributed by atoms with Gasteiger partial charge in [0.2, 0.25) is 0 Å². The van der Waals surface area contributed by atoms with Crippen LogP contribution in [-0.2, 0) is 10.2 Å². The Hall–Kier alpha value is -0.380. The maximum atomic E-state index is 12.0. The summed E-state index contributed by atoms with van der Waals surface area (Å²) in [5.41, 5.74) is 0. The van der Waals surface area contributed by atoms with Gasteiger partial charge in [-0.05, 0) is 12.8 Å². The van der Waals surface area contributed by atoms with Crippen LogP contribution in [0.3, 0.4) is 0 Å². The molecule has 0 rings (SSSR count). The summed E-state index contributed by atoms with van der Waals surface area (Å²) in [4.78, 5) is 0. The van der Waals surface area contributed by atoms with Crippen molar-refractivity contribution in [1.29, 1.82) is 0 Å². The highest BCUT2D eigenvalue weighted by molar-refractivity contribution is 7.87. The van der Waals surface area contributed by atoms with Gasteiger partial charge in [0.1, 0.15) is 0 Å². The molecule has 0 amide bonds. The maximum Gasteiger partial charge on any atom is 0.415 e. The number of aliphatic hydroxyl groups is 1. The molecular weight excluding hydrogens is 273 g/mol. The fourth-order valence-corrected chi connectivity index (χ4v) is 2.64. The van der Waals surface area contributed by atoms with Gasteiger partial charge in [-0.25, -0.2) is 0 Å². The molecule has 0 radical (unpaired) electrons. The van der Waals surface area contributed by atoms with Crippen LogP contribution >= 0.6 is 0 Å². The zero-order valence-corrected chi connectivity index (χ0v) is 11.2. The molecule has 0 saturated carbocycles. The predicted octanol–water partition coefficient (Wildman–Crippen LogP) is 0.866. The second-order valence-corrected chi connectivity index (χ2v) is 5.57. The Morgan fingerprint density at radius 2 is 1.67 bits per heavy atom. The number of halogens is 3. The highest BCUT2D eigenvalue weighted by atomic mass is 32.2. The predicted molar refractivity (Wildman–Crippen MR) is 61.1 cm³/mol. The molecule has 0 aliphatic heterocycles. The summed E-state index contributed by atoms with van der Waals surface area (Å²) in [5, 5.41) is 8.72. The quantitative estimate of drug-likeness (QED) is 0.697. The molecule has 1 atom stereocenters. The number of rotatable bonds is 8. The minimum absolute atomic E-state index is 0.227. The summed E-state index contributed by atoms with van der Waals surface area (Å²) in [6, 6.07) is 0. The largest absolute Gasteiger partial charge is 0.415 e. The smallest absolute Gasteiger partial charge is 0.382 e. The molecule has 0 bridgehead atoms. The van der Waals surface area contributed by atoms with Crippen LogP contribution in [0.15, 0.2) is 0 Å². The SMILES string of the molecule is CCCN(CCC)S(=O)(=O)NCC(O)C(F)(F)F. The number of aliphatic hydroxyl groups excluding tert-OH is 1. The first-order valence-corrected chi connectivity index (χ1v) is 7.08. The van der Waals surface area contributed by atoms with Crippen LogP contribution < -0.4 is 4.72 Å². The number of hydrogen-bond acceptors (Lipinski definition) is 3. The summed E-state index contributed by atoms with van der Waals surface area (Å²) >= 11 is 0. The van der Waals surface area contributed by atoms with E-state index in [0.717, 1.165) is 4.31 Å². The maximum absolute atomic E-state index is 12.0. The van der Waals surface area contributed by atoms with E-state index in [9.17, 15) is 21.6 Å². The van der Waals surface area contributed by atoms with Crippen molar-refractivity contribution < 1.29 is 26.7 Å². The summed E-state index contributed by atoms with van der Waals surface area (Å²) in [5.74, 6) is 0. The van der Waals surface area contributed by atoms with Gasteiger partial charge in [0.05, 0.1) is 0 Å². The third kappa shape index (κ3) is 5.98. The molecule has 0 heterocycles. The van der Waals surface area contributed by atoms with Gasteiger partial charge in [-0.3, -0.25) is 0 Å². The fraction of sp³-hybridized carbons (Fsp3) is 1.00. The Morgan fingerprint density at radius 3 is 2.00 bits per heavy atom. The average molecular weight is 292 g/mol. The van der Waals surface area contributed by atoms with E-state index in [0.29, 0.717) is 12.8 Å². The molecule has 0 aromatic carbocycles. The molecule has 0 spiro atoms. The Bertz CT molecular complexity index is 326. The topological polar surface area (TPSA) is 69.6 Å². The van der Waals surface area contributed by atoms with Crippen molar-refractivity contribution in [2.75, 3.05) is 19.6 Å². The van der Waals surface area contributed by atoms with Gasteiger partial charge in [-0.1, -0.05) is 13.8 Å². The van der Waals surface area contributed by atoms with Crippen molar-refractivity contribution in [3.63, 3.8) is 0 Å². The highest BCUT2D eigenvalue weighted by Crippen LogP contribution is 2.19. The second kappa shape index (κ2) is 7.27. The lowest BCUT2D eigenvalue weighted by molar-refractivity contribution is -0.200. The van der Waals surface area contributed by atoms with Crippen molar-refractivity contribution in [2.45, 2.75) is 39.0 Å². The molecule has 0 aromatic heterocycles. The van der Waals surface area contributed by atoms with Crippen LogP contribution in [0.5, 0.6) is 0 Å². The molecule has 0 aromatic rings. The van der Waals surface area contributed by atoms with Crippen LogP contribution in [0.2, 0.25) is 0 Å². The third-order valence-electron chi connectivity index (χ3n) is 2.12. The van der Waals surface area contributed by atoms with Gasteiger partial charge < -0.3 is 5.11 Å². The Balaban J connectivity index is 4.53. The molecule has 0 aliphatic carbocycles. The van der Waals surface area contributed by atoms with Gasteiger partial charge in [0.15, 0.2) is 6.10 Å². The summed E-state index contributed by atoms with van der Waals surface area (Å²) in [6.07, 6.45) is -6.41. The van der Waals surface area contributed by atoms with Gasteiger partial charge >= 0.3 is 6.18 Å². The highest BCUT2D eigenvalue weighted by Gasteiger charge is 2.39. The van der Waals surface area contributed by atoms with Crippen molar-refractivity contribution in [1.82, 2.24) is 9.03 Å². The minimum Gasteiger partial charge on any atom is -0.382 e. The first-order valence-electron chi connectivity index (χ1n) is 5.64. The third-order valence-corrected chi connectivity index (χ3v) is 3.70. The average Bonchev–Trinajstić information content (AvgIpc) is 2.24. The number of nitrogens with zero attached hydrogens (tertiary/aromatic N) is 1. The van der Waals surface area contributed by atoms with E-state index in [-0.39, 0.29) is 13.1 Å². The summed E-state index contributed by atoms with van der Waals surface area (Å²) in [6.45, 7) is 2.91. The van der Waals surface area contributed by atoms with Gasteiger partial charge in [0, 0.05) is 19.6 Å². The van der Waals surface area contributed by atoms with Gasteiger partial charge in [-0.2, -0.15) is 30.6 Å². The Morgan fingerprint density at radius 1 is 1.22 bits per heavy atom. The van der Waals surface area contributed by atoms with Crippen LogP contribution in [0, 0.1) is 0 Å². The van der Waals surface area contributed by atoms with E-state index < -0.39 is 29.0 Å². The van der Waals surface area contributed by atoms with E-state index in [1.807, 2.05) is 0 Å². The second-order valence-electron chi connectivity index (χ2n) is 3.81. The minimum atomic E-state index is -4.83. The van der Waals surface area contributed by atoms with Crippen LogP contribution in [0.1, 0.15) is 26.7 Å². The molecule has 0 aliphatic rings. The van der Waals surface area contributed by atoms with Gasteiger partial charge in [0.25, 0.3) is 10.2 Å². The molecule has 0 fully saturated rings. The van der Waals surface area contributed by atoms with Crippen LogP contribution in [-0.4, -0.2) is 49.7 Å². The molecule has 2 N–H and O–H groups in total. The number of alkyl halides is 3. The molecule has 5 nitrogen and oxygen atoms in total. The lowest BCUT2D eigenvalue weighted by atomic mass is 10.4. The van der Waals surface area contributed by atoms with Crippen molar-refractivity contribution in [2.24, 2.45) is 0 Å². The van der Waals surface area contributed by atoms with E-state index in [1.54, 1.807) is 18.6 Å². The number of hydrogen-bond donors (Lipinski definition) is 2. The molecule has 110 valence electrons. The fourth-order valence-electron chi connectivity index (χ4n) is 1.24. The molecule has 9 heteroatoms. The van der Waals surface area contributed by atoms with E-state index in [1.165, 1.54) is 0 Å². The Labute approximate surface area is 105 Å². The zero-order chi connectivity index (χ0) is 14.4. The Kier molecular flexibility index (Phi) is 7.11. The van der Waals surface area contributed by atoms with E-state index >= 15 is 0 Å². The van der Waals surface area contributed by atoms with Crippen molar-refractivity contribution in [3.05, 3.63) is 0 Å². The monoisotopic (exact) mass is 292 g/mol. The molecule has 18 heavy (non-hydrogen) atoms. The van der Waals surface area contributed by atoms with Crippen LogP contribution in [0.4, 0.5) is 13.2 Å². The van der Waals surface area contributed by atoms with E-state index in [4.69, 9.17) is 5.11 Å². The standard InChI is InChI=1S/C9H19F3N2O3S/c1-3-5-14(6-4-2)18(16,17)13-7-8(15)9(10,11)12/h8,13,15H,3-7H2,1-2H3. The van der Waals surface area contributed by atoms with Gasteiger partial charge in [-0.15, -0.1) is 0 Å². The molecular formula is C9H19F3N2O3S. The summed E-state index contributed by atoms with van der Waals surface area (Å²) < 4.78 is 62.3. The van der Waals surface area contributed by atoms with Crippen molar-refractivity contribution >= 4 is 10.2 Å². The van der Waals surface area contributed by atoms with E-state index in [2.05, 4.69) is 0 Å². The first-order chi connectivity index (χ1) is 8.15. The lowest BCUT2D eigenvalue weighted by Gasteiger charge is -2.22. The van der Waals surface area contributed by atoms with Crippen LogP contribution in [0.25, 0.3) is 0 Å². The summed E-state index contributed by atoms with van der Waals surface area (Å²) in [7, 11) is -3.98. The molecule has 1 unspecified atom stereocenters. The lowest BCUT2D eigenvalue weighted by Crippen LogP contribution is -2.47. The normalized spacial score (nSPS) is 15.1. The van der Waals surface area contributed by atoms with Crippen molar-refractivity contribution in [3.8, 4) is 0 Å². The first kappa shape index (κ1) is 17.6. The zero-order valence-electron chi connectivity index (χ0n) is 10.4. The number of nitrogens with one attached hydrogen (secondary N) is 1.